The van der Waals surface area contributed by atoms with Crippen molar-refractivity contribution >= 4 is 32.7 Å². The lowest BCUT2D eigenvalue weighted by atomic mass is 9.91. The maximum absolute atomic E-state index is 13.4. The molecule has 1 fully saturated rings. The first-order valence-electron chi connectivity index (χ1n) is 9.46. The zero-order valence-electron chi connectivity index (χ0n) is 15.7. The second-order valence-corrected chi connectivity index (χ2v) is 8.65. The number of hydrogen-bond acceptors (Lipinski definition) is 2. The molecule has 138 valence electrons. The lowest BCUT2D eigenvalue weighted by Gasteiger charge is -2.35. The molecule has 4 heteroatoms. The van der Waals surface area contributed by atoms with Gasteiger partial charge in [0.25, 0.3) is 5.91 Å². The lowest BCUT2D eigenvalue weighted by Crippen LogP contribution is -2.42. The Morgan fingerprint density at radius 2 is 1.70 bits per heavy atom. The highest BCUT2D eigenvalue weighted by atomic mass is 79.9. The summed E-state index contributed by atoms with van der Waals surface area (Å²) in [5, 5.41) is 0.925. The molecule has 27 heavy (non-hydrogen) atoms. The number of hydrogen-bond donors (Lipinski definition) is 0. The first kappa shape index (κ1) is 18.2. The maximum Gasteiger partial charge on any atom is 0.254 e. The number of aromatic nitrogens is 1. The summed E-state index contributed by atoms with van der Waals surface area (Å²) in [6, 6.07) is 17.9. The monoisotopic (exact) mass is 422 g/mol. The number of rotatable bonds is 2. The van der Waals surface area contributed by atoms with Crippen LogP contribution in [0.15, 0.2) is 59.1 Å². The fraction of sp³-hybridized carbons (Fsp3) is 0.304. The third-order valence-corrected chi connectivity index (χ3v) is 5.77. The SMILES string of the molecule is C[C@@H]1C[C@@H](C)CN(C(=O)c2cc(-c3ccc(Br)cc3)nc3ccccc23)C1. The maximum atomic E-state index is 13.4. The molecule has 0 unspecified atom stereocenters. The van der Waals surface area contributed by atoms with E-state index in [-0.39, 0.29) is 5.91 Å². The predicted molar refractivity (Wildman–Crippen MR) is 114 cm³/mol. The van der Waals surface area contributed by atoms with Crippen LogP contribution in [0.3, 0.4) is 0 Å². The molecule has 4 rings (SSSR count). The summed E-state index contributed by atoms with van der Waals surface area (Å²) in [5.74, 6) is 1.19. The first-order chi connectivity index (χ1) is 13.0. The van der Waals surface area contributed by atoms with Crippen LogP contribution in [0.1, 0.15) is 30.6 Å². The number of nitrogens with zero attached hydrogens (tertiary/aromatic N) is 2. The molecule has 0 N–H and O–H groups in total. The number of halogens is 1. The Hall–Kier alpha value is -2.20. The summed E-state index contributed by atoms with van der Waals surface area (Å²) in [6.07, 6.45) is 1.19. The molecular formula is C23H23BrN2O. The van der Waals surface area contributed by atoms with Gasteiger partial charge in [-0.25, -0.2) is 4.98 Å². The Morgan fingerprint density at radius 1 is 1.04 bits per heavy atom. The molecule has 0 spiro atoms. The first-order valence-corrected chi connectivity index (χ1v) is 10.3. The highest BCUT2D eigenvalue weighted by Gasteiger charge is 2.27. The predicted octanol–water partition coefficient (Wildman–Crippen LogP) is 5.78. The number of pyridine rings is 1. The minimum Gasteiger partial charge on any atom is -0.338 e. The Morgan fingerprint density at radius 3 is 2.41 bits per heavy atom. The van der Waals surface area contributed by atoms with Crippen molar-refractivity contribution in [3.8, 4) is 11.3 Å². The molecule has 1 aliphatic rings. The quantitative estimate of drug-likeness (QED) is 0.523. The number of piperidine rings is 1. The number of benzene rings is 2. The van der Waals surface area contributed by atoms with Gasteiger partial charge >= 0.3 is 0 Å². The fourth-order valence-electron chi connectivity index (χ4n) is 4.12. The van der Waals surface area contributed by atoms with E-state index in [0.717, 1.165) is 45.3 Å². The highest BCUT2D eigenvalue weighted by Crippen LogP contribution is 2.29. The van der Waals surface area contributed by atoms with E-state index in [1.807, 2.05) is 59.5 Å². The number of carbonyl (C=O) groups excluding carboxylic acids is 1. The van der Waals surface area contributed by atoms with Gasteiger partial charge in [-0.2, -0.15) is 0 Å². The molecule has 2 heterocycles. The highest BCUT2D eigenvalue weighted by molar-refractivity contribution is 9.10. The van der Waals surface area contributed by atoms with Gasteiger partial charge in [0.05, 0.1) is 16.8 Å². The van der Waals surface area contributed by atoms with Crippen molar-refractivity contribution in [2.45, 2.75) is 20.3 Å². The lowest BCUT2D eigenvalue weighted by molar-refractivity contribution is 0.0625. The summed E-state index contributed by atoms with van der Waals surface area (Å²) in [5.41, 5.74) is 3.46. The van der Waals surface area contributed by atoms with E-state index in [1.54, 1.807) is 0 Å². The van der Waals surface area contributed by atoms with Crippen molar-refractivity contribution in [1.29, 1.82) is 0 Å². The van der Waals surface area contributed by atoms with Crippen LogP contribution in [-0.2, 0) is 0 Å². The molecule has 0 bridgehead atoms. The van der Waals surface area contributed by atoms with Crippen molar-refractivity contribution in [2.75, 3.05) is 13.1 Å². The number of para-hydroxylation sites is 1. The third-order valence-electron chi connectivity index (χ3n) is 5.24. The van der Waals surface area contributed by atoms with Crippen LogP contribution >= 0.6 is 15.9 Å². The third kappa shape index (κ3) is 3.77. The largest absolute Gasteiger partial charge is 0.338 e. The Kier molecular flexibility index (Phi) is 5.00. The topological polar surface area (TPSA) is 33.2 Å². The minimum absolute atomic E-state index is 0.116. The van der Waals surface area contributed by atoms with Crippen molar-refractivity contribution in [2.24, 2.45) is 11.8 Å². The van der Waals surface area contributed by atoms with Crippen LogP contribution < -0.4 is 0 Å². The van der Waals surface area contributed by atoms with Gasteiger partial charge in [0.1, 0.15) is 0 Å². The standard InChI is InChI=1S/C23H23BrN2O/c1-15-11-16(2)14-26(13-15)23(27)20-12-22(17-7-9-18(24)10-8-17)25-21-6-4-3-5-19(20)21/h3-10,12,15-16H,11,13-14H2,1-2H3/t15-,16-/m1/s1. The molecule has 1 aliphatic heterocycles. The summed E-state index contributed by atoms with van der Waals surface area (Å²) in [4.78, 5) is 20.3. The number of carbonyl (C=O) groups is 1. The van der Waals surface area contributed by atoms with Crippen LogP contribution in [0.4, 0.5) is 0 Å². The van der Waals surface area contributed by atoms with E-state index in [4.69, 9.17) is 4.98 Å². The normalized spacial score (nSPS) is 20.0. The van der Waals surface area contributed by atoms with E-state index < -0.39 is 0 Å². The van der Waals surface area contributed by atoms with Gasteiger partial charge in [-0.15, -0.1) is 0 Å². The van der Waals surface area contributed by atoms with Crippen molar-refractivity contribution in [3.05, 3.63) is 64.6 Å². The Labute approximate surface area is 168 Å². The van der Waals surface area contributed by atoms with Gasteiger partial charge in [0, 0.05) is 28.5 Å². The summed E-state index contributed by atoms with van der Waals surface area (Å²) >= 11 is 3.48. The van der Waals surface area contributed by atoms with Gasteiger partial charge in [-0.3, -0.25) is 4.79 Å². The fourth-order valence-corrected chi connectivity index (χ4v) is 4.38. The molecule has 3 nitrogen and oxygen atoms in total. The van der Waals surface area contributed by atoms with Crippen LogP contribution in [0.5, 0.6) is 0 Å². The van der Waals surface area contributed by atoms with Crippen LogP contribution in [-0.4, -0.2) is 28.9 Å². The van der Waals surface area contributed by atoms with Crippen LogP contribution in [0, 0.1) is 11.8 Å². The van der Waals surface area contributed by atoms with Crippen LogP contribution in [0.25, 0.3) is 22.2 Å². The van der Waals surface area contributed by atoms with Gasteiger partial charge in [0.2, 0.25) is 0 Å². The molecule has 1 saturated heterocycles. The molecule has 2 atom stereocenters. The zero-order chi connectivity index (χ0) is 19.0. The summed E-state index contributed by atoms with van der Waals surface area (Å²) in [7, 11) is 0. The molecule has 3 aromatic rings. The van der Waals surface area contributed by atoms with Gasteiger partial charge in [0.15, 0.2) is 0 Å². The minimum atomic E-state index is 0.116. The number of likely N-dealkylation sites (tertiary alicyclic amines) is 1. The van der Waals surface area contributed by atoms with Crippen LogP contribution in [0.2, 0.25) is 0 Å². The Bertz CT molecular complexity index is 973. The van der Waals surface area contributed by atoms with Crippen molar-refractivity contribution in [1.82, 2.24) is 9.88 Å². The summed E-state index contributed by atoms with van der Waals surface area (Å²) in [6.45, 7) is 6.11. The van der Waals surface area contributed by atoms with E-state index in [9.17, 15) is 4.79 Å². The zero-order valence-corrected chi connectivity index (χ0v) is 17.2. The van der Waals surface area contributed by atoms with Gasteiger partial charge in [-0.05, 0) is 42.5 Å². The number of amides is 1. The molecule has 0 radical (unpaired) electrons. The van der Waals surface area contributed by atoms with E-state index in [0.29, 0.717) is 11.8 Å². The van der Waals surface area contributed by atoms with E-state index in [2.05, 4.69) is 29.8 Å². The second kappa shape index (κ2) is 7.43. The van der Waals surface area contributed by atoms with Gasteiger partial charge < -0.3 is 4.90 Å². The van der Waals surface area contributed by atoms with E-state index >= 15 is 0 Å². The molecule has 1 amide bonds. The van der Waals surface area contributed by atoms with Crippen molar-refractivity contribution in [3.63, 3.8) is 0 Å². The average molecular weight is 423 g/mol. The number of fused-ring (bicyclic) bond motifs is 1. The molecule has 1 aromatic heterocycles. The summed E-state index contributed by atoms with van der Waals surface area (Å²) < 4.78 is 1.03. The molecule has 0 aliphatic carbocycles. The second-order valence-electron chi connectivity index (χ2n) is 7.74. The molecular weight excluding hydrogens is 400 g/mol. The average Bonchev–Trinajstić information content (AvgIpc) is 2.66. The van der Waals surface area contributed by atoms with E-state index in [1.165, 1.54) is 6.42 Å². The van der Waals surface area contributed by atoms with Crippen molar-refractivity contribution < 1.29 is 4.79 Å². The van der Waals surface area contributed by atoms with Gasteiger partial charge in [-0.1, -0.05) is 60.1 Å². The molecule has 0 saturated carbocycles. The molecule has 2 aromatic carbocycles. The Balaban J connectivity index is 1.81. The smallest absolute Gasteiger partial charge is 0.254 e.